The van der Waals surface area contributed by atoms with E-state index >= 15 is 0 Å². The number of benzene rings is 1. The molecule has 8 nitrogen and oxygen atoms in total. The number of carbonyl (C=O) groups is 2. The van der Waals surface area contributed by atoms with Crippen molar-refractivity contribution < 1.29 is 18.7 Å². The molecule has 0 unspecified atom stereocenters. The lowest BCUT2D eigenvalue weighted by Crippen LogP contribution is -2.15. The van der Waals surface area contributed by atoms with Crippen LogP contribution in [0.3, 0.4) is 0 Å². The summed E-state index contributed by atoms with van der Waals surface area (Å²) in [4.78, 5) is 22.9. The second-order valence-corrected chi connectivity index (χ2v) is 3.38. The number of tetrazole rings is 1. The maximum absolute atomic E-state index is 13.4. The van der Waals surface area contributed by atoms with Crippen molar-refractivity contribution in [3.05, 3.63) is 35.4 Å². The highest BCUT2D eigenvalue weighted by Crippen LogP contribution is 2.16. The third-order valence-electron chi connectivity index (χ3n) is 2.18. The van der Waals surface area contributed by atoms with E-state index < -0.39 is 17.7 Å². The number of hydrogen-bond donors (Lipinski definition) is 2. The summed E-state index contributed by atoms with van der Waals surface area (Å²) < 4.78 is 17.8. The van der Waals surface area contributed by atoms with Crippen LogP contribution in [0.4, 0.5) is 10.1 Å². The van der Waals surface area contributed by atoms with Gasteiger partial charge in [-0.25, -0.2) is 9.18 Å². The number of amides is 1. The average Bonchev–Trinajstić information content (AvgIpc) is 2.94. The zero-order valence-electron chi connectivity index (χ0n) is 9.68. The zero-order valence-corrected chi connectivity index (χ0v) is 9.68. The van der Waals surface area contributed by atoms with Crippen LogP contribution in [0, 0.1) is 5.82 Å². The first-order chi connectivity index (χ1) is 9.11. The molecule has 0 bridgehead atoms. The van der Waals surface area contributed by atoms with Crippen molar-refractivity contribution in [2.75, 3.05) is 12.4 Å². The van der Waals surface area contributed by atoms with Crippen molar-refractivity contribution >= 4 is 17.6 Å². The number of methoxy groups -OCH3 is 1. The third kappa shape index (κ3) is 2.70. The van der Waals surface area contributed by atoms with Gasteiger partial charge in [-0.1, -0.05) is 0 Å². The number of nitrogens with one attached hydrogen (secondary N) is 2. The fraction of sp³-hybridized carbons (Fsp3) is 0.100. The second-order valence-electron chi connectivity index (χ2n) is 3.38. The van der Waals surface area contributed by atoms with Gasteiger partial charge in [0.1, 0.15) is 5.82 Å². The molecule has 2 N–H and O–H groups in total. The Morgan fingerprint density at radius 3 is 2.84 bits per heavy atom. The smallest absolute Gasteiger partial charge is 0.340 e. The molecule has 0 spiro atoms. The Morgan fingerprint density at radius 1 is 1.42 bits per heavy atom. The molecule has 98 valence electrons. The molecule has 1 heterocycles. The molecule has 9 heteroatoms. The van der Waals surface area contributed by atoms with Crippen molar-refractivity contribution in [2.24, 2.45) is 0 Å². The lowest BCUT2D eigenvalue weighted by atomic mass is 10.2. The largest absolute Gasteiger partial charge is 0.465 e. The first-order valence-corrected chi connectivity index (χ1v) is 5.04. The monoisotopic (exact) mass is 265 g/mol. The molecule has 0 saturated carbocycles. The molecule has 2 rings (SSSR count). The van der Waals surface area contributed by atoms with E-state index in [0.29, 0.717) is 0 Å². The number of H-pyrrole nitrogens is 1. The highest BCUT2D eigenvalue weighted by molar-refractivity contribution is 6.02. The first kappa shape index (κ1) is 12.6. The van der Waals surface area contributed by atoms with Crippen LogP contribution >= 0.6 is 0 Å². The van der Waals surface area contributed by atoms with Crippen LogP contribution in [0.15, 0.2) is 18.2 Å². The number of hydrogen-bond acceptors (Lipinski definition) is 6. The maximum atomic E-state index is 13.4. The molecule has 0 radical (unpaired) electrons. The normalized spacial score (nSPS) is 10.0. The fourth-order valence-corrected chi connectivity index (χ4v) is 1.31. The van der Waals surface area contributed by atoms with Crippen molar-refractivity contribution in [1.29, 1.82) is 0 Å². The van der Waals surface area contributed by atoms with Gasteiger partial charge in [-0.05, 0) is 23.4 Å². The number of aromatic amines is 1. The molecule has 0 aliphatic heterocycles. The summed E-state index contributed by atoms with van der Waals surface area (Å²) in [6, 6.07) is 3.48. The Balaban J connectivity index is 2.22. The van der Waals surface area contributed by atoms with Crippen molar-refractivity contribution in [3.63, 3.8) is 0 Å². The average molecular weight is 265 g/mol. The predicted octanol–water partition coefficient (Wildman–Crippen LogP) is 0.378. The van der Waals surface area contributed by atoms with E-state index in [1.165, 1.54) is 6.07 Å². The fourth-order valence-electron chi connectivity index (χ4n) is 1.31. The van der Waals surface area contributed by atoms with Crippen LogP contribution in [-0.2, 0) is 4.74 Å². The van der Waals surface area contributed by atoms with Gasteiger partial charge in [-0.3, -0.25) is 4.79 Å². The van der Waals surface area contributed by atoms with Crippen molar-refractivity contribution in [1.82, 2.24) is 20.6 Å². The topological polar surface area (TPSA) is 110 Å². The molecule has 1 aromatic heterocycles. The van der Waals surface area contributed by atoms with Crippen LogP contribution in [0.25, 0.3) is 0 Å². The van der Waals surface area contributed by atoms with E-state index in [1.807, 2.05) is 0 Å². The molecule has 0 atom stereocenters. The molecule has 1 aromatic carbocycles. The van der Waals surface area contributed by atoms with E-state index in [0.717, 1.165) is 19.2 Å². The summed E-state index contributed by atoms with van der Waals surface area (Å²) in [5.74, 6) is -2.40. The Morgan fingerprint density at radius 2 is 2.21 bits per heavy atom. The minimum atomic E-state index is -0.840. The number of halogens is 1. The van der Waals surface area contributed by atoms with Crippen LogP contribution in [0.1, 0.15) is 21.0 Å². The Hall–Kier alpha value is -2.84. The summed E-state index contributed by atoms with van der Waals surface area (Å²) in [6.45, 7) is 0. The number of aromatic nitrogens is 4. The van der Waals surface area contributed by atoms with Crippen LogP contribution in [-0.4, -0.2) is 39.6 Å². The zero-order chi connectivity index (χ0) is 13.8. The number of rotatable bonds is 3. The predicted molar refractivity (Wildman–Crippen MR) is 59.9 cm³/mol. The van der Waals surface area contributed by atoms with Crippen molar-refractivity contribution in [3.8, 4) is 0 Å². The summed E-state index contributed by atoms with van der Waals surface area (Å²) in [7, 11) is 1.13. The van der Waals surface area contributed by atoms with E-state index in [-0.39, 0.29) is 17.1 Å². The highest BCUT2D eigenvalue weighted by atomic mass is 19.1. The van der Waals surface area contributed by atoms with Crippen LogP contribution < -0.4 is 5.32 Å². The second kappa shape index (κ2) is 5.21. The van der Waals surface area contributed by atoms with Gasteiger partial charge >= 0.3 is 5.97 Å². The summed E-state index contributed by atoms with van der Waals surface area (Å²) in [5.41, 5.74) is -0.0787. The van der Waals surface area contributed by atoms with Crippen LogP contribution in [0.2, 0.25) is 0 Å². The van der Waals surface area contributed by atoms with Crippen molar-refractivity contribution in [2.45, 2.75) is 0 Å². The Labute approximate surface area is 106 Å². The first-order valence-electron chi connectivity index (χ1n) is 5.04. The van der Waals surface area contributed by atoms with E-state index in [4.69, 9.17) is 0 Å². The van der Waals surface area contributed by atoms with E-state index in [2.05, 4.69) is 30.7 Å². The Bertz CT molecular complexity index is 614. The van der Waals surface area contributed by atoms with Gasteiger partial charge in [0.15, 0.2) is 0 Å². The standard InChI is InChI=1S/C10H8FN5O3/c1-19-10(18)6-4-5(2-3-7(6)11)12-9(17)8-13-15-16-14-8/h2-4H,1H3,(H,12,17)(H,13,14,15,16). The summed E-state index contributed by atoms with van der Waals surface area (Å²) in [6.07, 6.45) is 0. The van der Waals surface area contributed by atoms with E-state index in [9.17, 15) is 14.0 Å². The highest BCUT2D eigenvalue weighted by Gasteiger charge is 2.15. The number of ether oxygens (including phenoxy) is 1. The molecule has 0 fully saturated rings. The number of carbonyl (C=O) groups excluding carboxylic acids is 2. The van der Waals surface area contributed by atoms with Gasteiger partial charge in [-0.2, -0.15) is 5.21 Å². The summed E-state index contributed by atoms with van der Waals surface area (Å²) >= 11 is 0. The van der Waals surface area contributed by atoms with Gasteiger partial charge in [-0.15, -0.1) is 10.2 Å². The van der Waals surface area contributed by atoms with Gasteiger partial charge in [0.2, 0.25) is 0 Å². The lowest BCUT2D eigenvalue weighted by Gasteiger charge is -2.05. The summed E-state index contributed by atoms with van der Waals surface area (Å²) in [5, 5.41) is 14.7. The molecular weight excluding hydrogens is 257 g/mol. The lowest BCUT2D eigenvalue weighted by molar-refractivity contribution is 0.0595. The number of anilines is 1. The number of nitrogens with zero attached hydrogens (tertiary/aromatic N) is 3. The quantitative estimate of drug-likeness (QED) is 0.776. The molecule has 2 aromatic rings. The molecule has 0 aliphatic rings. The SMILES string of the molecule is COC(=O)c1cc(NC(=O)c2nn[nH]n2)ccc1F. The maximum Gasteiger partial charge on any atom is 0.340 e. The van der Waals surface area contributed by atoms with Crippen LogP contribution in [0.5, 0.6) is 0 Å². The molecule has 1 amide bonds. The molecule has 19 heavy (non-hydrogen) atoms. The van der Waals surface area contributed by atoms with E-state index in [1.54, 1.807) is 0 Å². The Kier molecular flexibility index (Phi) is 3.46. The molecular formula is C10H8FN5O3. The minimum Gasteiger partial charge on any atom is -0.465 e. The number of esters is 1. The van der Waals surface area contributed by atoms with Gasteiger partial charge < -0.3 is 10.1 Å². The van der Waals surface area contributed by atoms with Gasteiger partial charge in [0.25, 0.3) is 11.7 Å². The van der Waals surface area contributed by atoms with Gasteiger partial charge in [0.05, 0.1) is 12.7 Å². The minimum absolute atomic E-state index is 0.177. The molecule has 0 aliphatic carbocycles. The molecule has 0 saturated heterocycles. The third-order valence-corrected chi connectivity index (χ3v) is 2.18. The van der Waals surface area contributed by atoms with Gasteiger partial charge in [0, 0.05) is 5.69 Å².